The number of alkyl halides is 2. The third kappa shape index (κ3) is 2.97. The predicted octanol–water partition coefficient (Wildman–Crippen LogP) is 7.58. The minimum atomic E-state index is 0.0898. The Morgan fingerprint density at radius 3 is 2.15 bits per heavy atom. The van der Waals surface area contributed by atoms with Crippen LogP contribution in [0.5, 0.6) is 0 Å². The summed E-state index contributed by atoms with van der Waals surface area (Å²) in [6.45, 7) is 4.37. The Morgan fingerprint density at radius 2 is 1.38 bits per heavy atom. The van der Waals surface area contributed by atoms with Gasteiger partial charge < -0.3 is 0 Å². The second-order valence-electron chi connectivity index (χ2n) is 6.64. The van der Waals surface area contributed by atoms with E-state index in [4.69, 9.17) is 4.98 Å². The van der Waals surface area contributed by atoms with Crippen LogP contribution in [0.4, 0.5) is 0 Å². The molecule has 3 aromatic carbocycles. The van der Waals surface area contributed by atoms with Gasteiger partial charge in [0.1, 0.15) is 0 Å². The topological polar surface area (TPSA) is 12.9 Å². The number of hydrogen-bond acceptors (Lipinski definition) is 1. The number of nitrogens with zero attached hydrogens (tertiary/aromatic N) is 1. The van der Waals surface area contributed by atoms with Gasteiger partial charge in [-0.3, -0.25) is 4.98 Å². The van der Waals surface area contributed by atoms with Crippen molar-refractivity contribution in [2.75, 3.05) is 0 Å². The summed E-state index contributed by atoms with van der Waals surface area (Å²) >= 11 is 7.79. The quantitative estimate of drug-likeness (QED) is 0.223. The van der Waals surface area contributed by atoms with E-state index in [0.29, 0.717) is 0 Å². The summed E-state index contributed by atoms with van der Waals surface area (Å²) in [5.41, 5.74) is 5.96. The number of rotatable bonds is 3. The molecule has 0 N–H and O–H groups in total. The van der Waals surface area contributed by atoms with Gasteiger partial charge in [0.05, 0.1) is 20.9 Å². The van der Waals surface area contributed by atoms with Crippen molar-refractivity contribution in [1.82, 2.24) is 4.98 Å². The van der Waals surface area contributed by atoms with E-state index in [1.165, 1.54) is 32.8 Å². The molecule has 0 bridgehead atoms. The molecule has 0 aliphatic heterocycles. The van der Waals surface area contributed by atoms with Gasteiger partial charge in [-0.1, -0.05) is 98.6 Å². The van der Waals surface area contributed by atoms with Crippen molar-refractivity contribution in [3.63, 3.8) is 0 Å². The number of halogens is 2. The van der Waals surface area contributed by atoms with E-state index in [1.54, 1.807) is 0 Å². The maximum absolute atomic E-state index is 5.13. The fourth-order valence-electron chi connectivity index (χ4n) is 3.49. The summed E-state index contributed by atoms with van der Waals surface area (Å²) in [7, 11) is 0. The normalized spacial score (nSPS) is 13.8. The molecule has 26 heavy (non-hydrogen) atoms. The molecule has 2 atom stereocenters. The molecular weight excluding hydrogens is 450 g/mol. The van der Waals surface area contributed by atoms with Crippen molar-refractivity contribution < 1.29 is 0 Å². The molecule has 4 rings (SSSR count). The summed E-state index contributed by atoms with van der Waals surface area (Å²) < 4.78 is 0. The van der Waals surface area contributed by atoms with E-state index in [1.807, 2.05) is 6.07 Å². The Kier molecular flexibility index (Phi) is 4.85. The van der Waals surface area contributed by atoms with E-state index < -0.39 is 0 Å². The molecule has 1 aromatic heterocycles. The maximum atomic E-state index is 5.13. The lowest BCUT2D eigenvalue weighted by Gasteiger charge is -2.21. The molecule has 0 saturated heterocycles. The van der Waals surface area contributed by atoms with Gasteiger partial charge in [-0.2, -0.15) is 0 Å². The SMILES string of the molecule is Cc1c(C(Br)C(Br)c2ccccc2)nc2c(ccc3ccccc32)c1C. The van der Waals surface area contributed by atoms with Gasteiger partial charge >= 0.3 is 0 Å². The third-order valence-electron chi connectivity index (χ3n) is 5.12. The number of benzene rings is 3. The van der Waals surface area contributed by atoms with E-state index >= 15 is 0 Å². The van der Waals surface area contributed by atoms with Crippen LogP contribution in [0.25, 0.3) is 21.7 Å². The largest absolute Gasteiger partial charge is 0.251 e. The molecular formula is C23H19Br2N. The van der Waals surface area contributed by atoms with Crippen LogP contribution in [-0.4, -0.2) is 4.98 Å². The second kappa shape index (κ2) is 7.13. The van der Waals surface area contributed by atoms with Crippen LogP contribution in [0.1, 0.15) is 32.0 Å². The lowest BCUT2D eigenvalue weighted by molar-refractivity contribution is 0.888. The van der Waals surface area contributed by atoms with Crippen LogP contribution >= 0.6 is 31.9 Å². The Morgan fingerprint density at radius 1 is 0.692 bits per heavy atom. The zero-order valence-corrected chi connectivity index (χ0v) is 17.9. The highest BCUT2D eigenvalue weighted by Gasteiger charge is 2.24. The van der Waals surface area contributed by atoms with Crippen LogP contribution in [-0.2, 0) is 0 Å². The molecule has 0 amide bonds. The standard InChI is InChI=1S/C23H19Br2N/c1-14-15(2)22(21(25)20(24)17-9-4-3-5-10-17)26-23-18(14)13-12-16-8-6-7-11-19(16)23/h3-13,20-21H,1-2H3. The average Bonchev–Trinajstić information content (AvgIpc) is 2.70. The van der Waals surface area contributed by atoms with Crippen molar-refractivity contribution >= 4 is 53.5 Å². The Bertz CT molecular complexity index is 1090. The van der Waals surface area contributed by atoms with E-state index in [9.17, 15) is 0 Å². The van der Waals surface area contributed by atoms with Crippen molar-refractivity contribution in [3.05, 3.63) is 89.1 Å². The Labute approximate surface area is 170 Å². The number of aromatic nitrogens is 1. The van der Waals surface area contributed by atoms with Crippen LogP contribution < -0.4 is 0 Å². The molecule has 0 aliphatic rings. The molecule has 4 aromatic rings. The summed E-state index contributed by atoms with van der Waals surface area (Å²) in [5.74, 6) is 0. The van der Waals surface area contributed by atoms with Crippen molar-refractivity contribution in [3.8, 4) is 0 Å². The first-order valence-electron chi connectivity index (χ1n) is 8.69. The first kappa shape index (κ1) is 17.7. The molecule has 1 nitrogen and oxygen atoms in total. The predicted molar refractivity (Wildman–Crippen MR) is 119 cm³/mol. The first-order chi connectivity index (χ1) is 12.6. The summed E-state index contributed by atoms with van der Waals surface area (Å²) in [4.78, 5) is 5.38. The van der Waals surface area contributed by atoms with Gasteiger partial charge in [-0.05, 0) is 35.9 Å². The highest BCUT2D eigenvalue weighted by molar-refractivity contribution is 9.12. The highest BCUT2D eigenvalue weighted by Crippen LogP contribution is 2.44. The molecule has 130 valence electrons. The summed E-state index contributed by atoms with van der Waals surface area (Å²) in [6.07, 6.45) is 0. The smallest absolute Gasteiger partial charge is 0.0786 e. The fourth-order valence-corrected chi connectivity index (χ4v) is 4.80. The van der Waals surface area contributed by atoms with Gasteiger partial charge in [-0.25, -0.2) is 0 Å². The van der Waals surface area contributed by atoms with Crippen molar-refractivity contribution in [2.45, 2.75) is 23.5 Å². The van der Waals surface area contributed by atoms with Crippen LogP contribution in [0, 0.1) is 13.8 Å². The maximum Gasteiger partial charge on any atom is 0.0786 e. The number of fused-ring (bicyclic) bond motifs is 3. The molecule has 2 unspecified atom stereocenters. The van der Waals surface area contributed by atoms with Gasteiger partial charge in [-0.15, -0.1) is 0 Å². The summed E-state index contributed by atoms with van der Waals surface area (Å²) in [5, 5.41) is 3.67. The number of pyridine rings is 1. The van der Waals surface area contributed by atoms with Gasteiger partial charge in [0.2, 0.25) is 0 Å². The fraction of sp³-hybridized carbons (Fsp3) is 0.174. The van der Waals surface area contributed by atoms with Gasteiger partial charge in [0, 0.05) is 10.8 Å². The average molecular weight is 469 g/mol. The van der Waals surface area contributed by atoms with E-state index in [-0.39, 0.29) is 9.65 Å². The first-order valence-corrected chi connectivity index (χ1v) is 10.5. The highest BCUT2D eigenvalue weighted by atomic mass is 79.9. The molecule has 0 radical (unpaired) electrons. The number of aryl methyl sites for hydroxylation is 1. The zero-order chi connectivity index (χ0) is 18.3. The van der Waals surface area contributed by atoms with Gasteiger partial charge in [0.15, 0.2) is 0 Å². The van der Waals surface area contributed by atoms with Crippen LogP contribution in [0.15, 0.2) is 66.7 Å². The zero-order valence-electron chi connectivity index (χ0n) is 14.7. The lowest BCUT2D eigenvalue weighted by atomic mass is 9.96. The minimum Gasteiger partial charge on any atom is -0.251 e. The van der Waals surface area contributed by atoms with Crippen LogP contribution in [0.3, 0.4) is 0 Å². The Balaban J connectivity index is 1.92. The van der Waals surface area contributed by atoms with E-state index in [0.717, 1.165) is 11.2 Å². The van der Waals surface area contributed by atoms with Crippen molar-refractivity contribution in [1.29, 1.82) is 0 Å². The molecule has 0 saturated carbocycles. The molecule has 3 heteroatoms. The third-order valence-corrected chi connectivity index (χ3v) is 7.85. The molecule has 0 aliphatic carbocycles. The van der Waals surface area contributed by atoms with E-state index in [2.05, 4.69) is 106 Å². The Hall–Kier alpha value is -1.71. The number of hydrogen-bond donors (Lipinski definition) is 0. The molecule has 0 fully saturated rings. The second-order valence-corrected chi connectivity index (χ2v) is 8.62. The lowest BCUT2D eigenvalue weighted by Crippen LogP contribution is -2.06. The monoisotopic (exact) mass is 467 g/mol. The molecule has 1 heterocycles. The van der Waals surface area contributed by atoms with Crippen LogP contribution in [0.2, 0.25) is 0 Å². The summed E-state index contributed by atoms with van der Waals surface area (Å²) in [6, 6.07) is 23.3. The van der Waals surface area contributed by atoms with Gasteiger partial charge in [0.25, 0.3) is 0 Å². The minimum absolute atomic E-state index is 0.0898. The molecule has 0 spiro atoms. The van der Waals surface area contributed by atoms with Crippen molar-refractivity contribution in [2.24, 2.45) is 0 Å².